The number of hydrogen-bond acceptors (Lipinski definition) is 4. The fourth-order valence-electron chi connectivity index (χ4n) is 1.52. The van der Waals surface area contributed by atoms with Gasteiger partial charge in [-0.25, -0.2) is 4.79 Å². The normalized spacial score (nSPS) is 14.1. The second-order valence-corrected chi connectivity index (χ2v) is 5.58. The van der Waals surface area contributed by atoms with Crippen LogP contribution in [0.5, 0.6) is 0 Å². The number of hydrogen-bond donors (Lipinski definition) is 2. The zero-order valence-corrected chi connectivity index (χ0v) is 12.1. The monoisotopic (exact) mass is 285 g/mol. The summed E-state index contributed by atoms with van der Waals surface area (Å²) in [5, 5.41) is 13.5. The number of amides is 1. The van der Waals surface area contributed by atoms with Gasteiger partial charge >= 0.3 is 5.97 Å². The van der Waals surface area contributed by atoms with Gasteiger partial charge < -0.3 is 15.2 Å². The molecule has 0 aliphatic heterocycles. The van der Waals surface area contributed by atoms with Crippen LogP contribution >= 0.6 is 11.3 Å². The molecule has 1 aromatic heterocycles. The third-order valence-electron chi connectivity index (χ3n) is 2.65. The number of carbonyl (C=O) groups excluding carboxylic acids is 1. The second-order valence-electron chi connectivity index (χ2n) is 4.60. The maximum Gasteiger partial charge on any atom is 0.332 e. The molecule has 0 aliphatic carbocycles. The molecule has 6 heteroatoms. The third kappa shape index (κ3) is 5.00. The van der Waals surface area contributed by atoms with Gasteiger partial charge in [0.15, 0.2) is 6.10 Å². The Morgan fingerprint density at radius 1 is 1.42 bits per heavy atom. The molecule has 0 saturated heterocycles. The lowest BCUT2D eigenvalue weighted by molar-refractivity contribution is -0.151. The Morgan fingerprint density at radius 3 is 2.58 bits per heavy atom. The van der Waals surface area contributed by atoms with Crippen molar-refractivity contribution in [1.29, 1.82) is 0 Å². The van der Waals surface area contributed by atoms with Crippen molar-refractivity contribution in [2.45, 2.75) is 32.9 Å². The summed E-state index contributed by atoms with van der Waals surface area (Å²) in [6, 6.07) is 3.83. The number of rotatable bonds is 7. The summed E-state index contributed by atoms with van der Waals surface area (Å²) in [6.07, 6.45) is -0.981. The van der Waals surface area contributed by atoms with E-state index in [1.807, 2.05) is 31.4 Å². The zero-order chi connectivity index (χ0) is 14.4. The topological polar surface area (TPSA) is 75.6 Å². The number of carboxylic acids is 1. The van der Waals surface area contributed by atoms with E-state index in [0.717, 1.165) is 4.88 Å². The first-order valence-corrected chi connectivity index (χ1v) is 6.97. The number of thiophene rings is 1. The molecule has 1 aromatic rings. The fraction of sp³-hybridized carbons (Fsp3) is 0.538. The molecule has 19 heavy (non-hydrogen) atoms. The van der Waals surface area contributed by atoms with Gasteiger partial charge in [-0.3, -0.25) is 4.79 Å². The predicted molar refractivity (Wildman–Crippen MR) is 73.1 cm³/mol. The quantitative estimate of drug-likeness (QED) is 0.804. The van der Waals surface area contributed by atoms with Gasteiger partial charge in [-0.2, -0.15) is 0 Å². The van der Waals surface area contributed by atoms with E-state index in [2.05, 4.69) is 5.32 Å². The number of carbonyl (C=O) groups is 2. The molecule has 106 valence electrons. The van der Waals surface area contributed by atoms with Crippen molar-refractivity contribution < 1.29 is 19.4 Å². The van der Waals surface area contributed by atoms with E-state index in [1.54, 1.807) is 11.3 Å². The van der Waals surface area contributed by atoms with Crippen LogP contribution in [0.2, 0.25) is 0 Å². The minimum Gasteiger partial charge on any atom is -0.479 e. The molecular weight excluding hydrogens is 266 g/mol. The van der Waals surface area contributed by atoms with Crippen LogP contribution in [-0.4, -0.2) is 29.7 Å². The van der Waals surface area contributed by atoms with E-state index in [0.29, 0.717) is 0 Å². The summed E-state index contributed by atoms with van der Waals surface area (Å²) in [7, 11) is 0. The molecule has 0 saturated carbocycles. The molecule has 1 unspecified atom stereocenters. The Bertz CT molecular complexity index is 416. The van der Waals surface area contributed by atoms with E-state index in [-0.39, 0.29) is 24.5 Å². The molecule has 0 aromatic carbocycles. The average molecular weight is 285 g/mol. The highest BCUT2D eigenvalue weighted by molar-refractivity contribution is 7.10. The first kappa shape index (κ1) is 15.7. The Kier molecular flexibility index (Phi) is 5.98. The highest BCUT2D eigenvalue weighted by Crippen LogP contribution is 2.25. The molecule has 0 bridgehead atoms. The van der Waals surface area contributed by atoms with Crippen molar-refractivity contribution in [3.63, 3.8) is 0 Å². The highest BCUT2D eigenvalue weighted by atomic mass is 32.1. The number of nitrogens with one attached hydrogen (secondary N) is 1. The van der Waals surface area contributed by atoms with Gasteiger partial charge in [-0.15, -0.1) is 11.3 Å². The molecular formula is C13H19NO4S. The Hall–Kier alpha value is -1.40. The Morgan fingerprint density at radius 2 is 2.11 bits per heavy atom. The predicted octanol–water partition coefficient (Wildman–Crippen LogP) is 2.05. The van der Waals surface area contributed by atoms with E-state index < -0.39 is 12.1 Å². The third-order valence-corrected chi connectivity index (χ3v) is 3.60. The summed E-state index contributed by atoms with van der Waals surface area (Å²) in [4.78, 5) is 23.4. The smallest absolute Gasteiger partial charge is 0.332 e. The highest BCUT2D eigenvalue weighted by Gasteiger charge is 2.20. The van der Waals surface area contributed by atoms with Crippen molar-refractivity contribution >= 4 is 23.2 Å². The summed E-state index contributed by atoms with van der Waals surface area (Å²) < 4.78 is 4.95. The first-order chi connectivity index (χ1) is 8.91. The lowest BCUT2D eigenvalue weighted by Crippen LogP contribution is -2.35. The number of carboxylic acid groups (broad SMARTS) is 1. The summed E-state index contributed by atoms with van der Waals surface area (Å²) in [6.45, 7) is 5.19. The first-order valence-electron chi connectivity index (χ1n) is 6.09. The van der Waals surface area contributed by atoms with Crippen LogP contribution in [0.25, 0.3) is 0 Å². The molecule has 5 nitrogen and oxygen atoms in total. The maximum atomic E-state index is 11.8. The SMILES string of the molecule is CC(C)C(NC(=O)CO[C@H](C)C(=O)O)c1cccs1. The van der Waals surface area contributed by atoms with Crippen LogP contribution in [0.1, 0.15) is 31.7 Å². The van der Waals surface area contributed by atoms with Crippen molar-refractivity contribution in [2.24, 2.45) is 5.92 Å². The number of ether oxygens (including phenoxy) is 1. The van der Waals surface area contributed by atoms with Crippen LogP contribution in [0.15, 0.2) is 17.5 Å². The second kappa shape index (κ2) is 7.25. The minimum atomic E-state index is -1.08. The maximum absolute atomic E-state index is 11.8. The van der Waals surface area contributed by atoms with Crippen molar-refractivity contribution in [3.05, 3.63) is 22.4 Å². The van der Waals surface area contributed by atoms with Crippen LogP contribution in [0.3, 0.4) is 0 Å². The lowest BCUT2D eigenvalue weighted by Gasteiger charge is -2.21. The van der Waals surface area contributed by atoms with Crippen LogP contribution in [-0.2, 0) is 14.3 Å². The van der Waals surface area contributed by atoms with Crippen LogP contribution in [0.4, 0.5) is 0 Å². The van der Waals surface area contributed by atoms with Crippen molar-refractivity contribution in [2.75, 3.05) is 6.61 Å². The molecule has 0 radical (unpaired) electrons. The van der Waals surface area contributed by atoms with Gasteiger partial charge in [0.05, 0.1) is 6.04 Å². The molecule has 0 fully saturated rings. The Balaban J connectivity index is 2.51. The van der Waals surface area contributed by atoms with E-state index in [1.165, 1.54) is 6.92 Å². The van der Waals surface area contributed by atoms with Crippen molar-refractivity contribution in [1.82, 2.24) is 5.32 Å². The van der Waals surface area contributed by atoms with Gasteiger partial charge in [-0.05, 0) is 24.3 Å². The molecule has 0 spiro atoms. The van der Waals surface area contributed by atoms with Crippen LogP contribution < -0.4 is 5.32 Å². The molecule has 1 rings (SSSR count). The van der Waals surface area contributed by atoms with Gasteiger partial charge in [0.25, 0.3) is 0 Å². The standard InChI is InChI=1S/C13H19NO4S/c1-8(2)12(10-5-4-6-19-10)14-11(15)7-18-9(3)13(16)17/h4-6,8-9,12H,7H2,1-3H3,(H,14,15)(H,16,17)/t9-,12?/m1/s1. The van der Waals surface area contributed by atoms with Gasteiger partial charge in [0, 0.05) is 4.88 Å². The average Bonchev–Trinajstić information content (AvgIpc) is 2.85. The van der Waals surface area contributed by atoms with Crippen molar-refractivity contribution in [3.8, 4) is 0 Å². The molecule has 1 amide bonds. The molecule has 2 atom stereocenters. The van der Waals surface area contributed by atoms with E-state index in [9.17, 15) is 9.59 Å². The minimum absolute atomic E-state index is 0.0729. The van der Waals surface area contributed by atoms with E-state index >= 15 is 0 Å². The zero-order valence-electron chi connectivity index (χ0n) is 11.3. The fourth-order valence-corrected chi connectivity index (χ4v) is 2.47. The Labute approximate surface area is 116 Å². The largest absolute Gasteiger partial charge is 0.479 e. The lowest BCUT2D eigenvalue weighted by atomic mass is 10.0. The number of aliphatic carboxylic acids is 1. The summed E-state index contributed by atoms with van der Waals surface area (Å²) >= 11 is 1.58. The summed E-state index contributed by atoms with van der Waals surface area (Å²) in [5.74, 6) is -1.13. The van der Waals surface area contributed by atoms with Crippen LogP contribution in [0, 0.1) is 5.92 Å². The van der Waals surface area contributed by atoms with Gasteiger partial charge in [0.2, 0.25) is 5.91 Å². The van der Waals surface area contributed by atoms with E-state index in [4.69, 9.17) is 9.84 Å². The molecule has 0 aliphatic rings. The molecule has 1 heterocycles. The molecule has 2 N–H and O–H groups in total. The van der Waals surface area contributed by atoms with Gasteiger partial charge in [-0.1, -0.05) is 19.9 Å². The van der Waals surface area contributed by atoms with Gasteiger partial charge in [0.1, 0.15) is 6.61 Å². The summed E-state index contributed by atoms with van der Waals surface area (Å²) in [5.41, 5.74) is 0.